The number of hydrogen-bond donors (Lipinski definition) is 0. The maximum absolute atomic E-state index is 12.2. The Hall–Kier alpha value is -2.10. The van der Waals surface area contributed by atoms with Gasteiger partial charge in [-0.25, -0.2) is 0 Å². The van der Waals surface area contributed by atoms with E-state index in [9.17, 15) is 9.59 Å². The summed E-state index contributed by atoms with van der Waals surface area (Å²) in [6, 6.07) is 13.0. The zero-order valence-electron chi connectivity index (χ0n) is 10.6. The van der Waals surface area contributed by atoms with Crippen LogP contribution in [-0.4, -0.2) is 5.24 Å². The average molecular weight is 319 g/mol. The van der Waals surface area contributed by atoms with Crippen LogP contribution in [-0.2, 0) is 0 Å². The van der Waals surface area contributed by atoms with Crippen LogP contribution >= 0.6 is 23.2 Å². The molecule has 0 saturated heterocycles. The van der Waals surface area contributed by atoms with Crippen LogP contribution in [0, 0.1) is 0 Å². The topological polar surface area (TPSA) is 47.3 Å². The quantitative estimate of drug-likeness (QED) is 0.654. The van der Waals surface area contributed by atoms with Crippen LogP contribution in [0.2, 0.25) is 5.02 Å². The van der Waals surface area contributed by atoms with Gasteiger partial charge in [-0.3, -0.25) is 9.59 Å². The van der Waals surface area contributed by atoms with Crippen molar-refractivity contribution < 1.29 is 9.21 Å². The van der Waals surface area contributed by atoms with Crippen molar-refractivity contribution in [2.24, 2.45) is 0 Å². The van der Waals surface area contributed by atoms with Crippen molar-refractivity contribution >= 4 is 39.4 Å². The van der Waals surface area contributed by atoms with Crippen LogP contribution in [0.1, 0.15) is 10.4 Å². The number of carbonyl (C=O) groups is 1. The Balaban J connectivity index is 2.34. The fourth-order valence-electron chi connectivity index (χ4n) is 2.12. The molecule has 0 spiro atoms. The minimum atomic E-state index is -0.674. The van der Waals surface area contributed by atoms with Crippen molar-refractivity contribution in [1.82, 2.24) is 0 Å². The Morgan fingerprint density at radius 3 is 2.52 bits per heavy atom. The second-order valence-electron chi connectivity index (χ2n) is 4.44. The molecular formula is C16H8Cl2O3. The van der Waals surface area contributed by atoms with Crippen molar-refractivity contribution in [3.63, 3.8) is 0 Å². The number of benzene rings is 2. The van der Waals surface area contributed by atoms with E-state index in [-0.39, 0.29) is 16.6 Å². The van der Waals surface area contributed by atoms with E-state index < -0.39 is 5.24 Å². The van der Waals surface area contributed by atoms with Gasteiger partial charge in [0.15, 0.2) is 11.0 Å². The van der Waals surface area contributed by atoms with Gasteiger partial charge in [-0.05, 0) is 35.9 Å². The summed E-state index contributed by atoms with van der Waals surface area (Å²) in [6.07, 6.45) is 0. The highest BCUT2D eigenvalue weighted by molar-refractivity contribution is 6.68. The molecule has 0 atom stereocenters. The highest BCUT2D eigenvalue weighted by atomic mass is 35.5. The van der Waals surface area contributed by atoms with E-state index >= 15 is 0 Å². The van der Waals surface area contributed by atoms with Gasteiger partial charge in [-0.1, -0.05) is 29.8 Å². The molecule has 0 unspecified atom stereocenters. The van der Waals surface area contributed by atoms with E-state index in [0.29, 0.717) is 21.7 Å². The maximum atomic E-state index is 12.2. The summed E-state index contributed by atoms with van der Waals surface area (Å²) in [5.74, 6) is 0.334. The van der Waals surface area contributed by atoms with Gasteiger partial charge in [-0.15, -0.1) is 0 Å². The van der Waals surface area contributed by atoms with Crippen molar-refractivity contribution in [2.45, 2.75) is 0 Å². The molecular weight excluding hydrogens is 311 g/mol. The van der Waals surface area contributed by atoms with E-state index in [4.69, 9.17) is 27.6 Å². The summed E-state index contributed by atoms with van der Waals surface area (Å²) >= 11 is 11.5. The number of halogens is 2. The average Bonchev–Trinajstić information content (AvgIpc) is 2.46. The molecule has 0 amide bonds. The van der Waals surface area contributed by atoms with Gasteiger partial charge in [-0.2, -0.15) is 0 Å². The molecule has 0 aliphatic carbocycles. The van der Waals surface area contributed by atoms with Gasteiger partial charge in [0.1, 0.15) is 5.76 Å². The van der Waals surface area contributed by atoms with Gasteiger partial charge in [0.05, 0.1) is 10.9 Å². The molecule has 3 aromatic rings. The molecule has 1 heterocycles. The van der Waals surface area contributed by atoms with Crippen molar-refractivity contribution in [3.8, 4) is 11.3 Å². The Labute approximate surface area is 129 Å². The first-order valence-electron chi connectivity index (χ1n) is 6.09. The Bertz CT molecular complexity index is 913. The van der Waals surface area contributed by atoms with E-state index in [2.05, 4.69) is 0 Å². The number of hydrogen-bond acceptors (Lipinski definition) is 3. The number of rotatable bonds is 2. The highest BCUT2D eigenvalue weighted by Gasteiger charge is 2.14. The Kier molecular flexibility index (Phi) is 3.53. The van der Waals surface area contributed by atoms with Crippen LogP contribution in [0.4, 0.5) is 0 Å². The van der Waals surface area contributed by atoms with Gasteiger partial charge in [0.25, 0.3) is 5.24 Å². The summed E-state index contributed by atoms with van der Waals surface area (Å²) in [7, 11) is 0. The van der Waals surface area contributed by atoms with E-state index in [1.807, 2.05) is 0 Å². The monoisotopic (exact) mass is 318 g/mol. The van der Waals surface area contributed by atoms with Crippen LogP contribution in [0.25, 0.3) is 22.3 Å². The van der Waals surface area contributed by atoms with E-state index in [1.54, 1.807) is 36.4 Å². The SMILES string of the molecule is O=C(Cl)c1cccc2c(=O)cc(-c3cccc(Cl)c3)oc12. The number of para-hydroxylation sites is 1. The first kappa shape index (κ1) is 13.9. The lowest BCUT2D eigenvalue weighted by Crippen LogP contribution is -2.03. The van der Waals surface area contributed by atoms with Crippen molar-refractivity contribution in [2.75, 3.05) is 0 Å². The predicted molar refractivity (Wildman–Crippen MR) is 83.1 cm³/mol. The van der Waals surface area contributed by atoms with Gasteiger partial charge in [0, 0.05) is 16.7 Å². The molecule has 0 bridgehead atoms. The molecule has 2 aromatic carbocycles. The predicted octanol–water partition coefficient (Wildman–Crippen LogP) is 4.49. The first-order chi connectivity index (χ1) is 10.1. The van der Waals surface area contributed by atoms with Crippen LogP contribution < -0.4 is 5.43 Å². The fourth-order valence-corrected chi connectivity index (χ4v) is 2.46. The summed E-state index contributed by atoms with van der Waals surface area (Å²) in [5.41, 5.74) is 0.749. The van der Waals surface area contributed by atoms with Gasteiger partial charge in [0.2, 0.25) is 0 Å². The Morgan fingerprint density at radius 2 is 1.81 bits per heavy atom. The zero-order valence-corrected chi connectivity index (χ0v) is 12.1. The van der Waals surface area contributed by atoms with Crippen molar-refractivity contribution in [1.29, 1.82) is 0 Å². The largest absolute Gasteiger partial charge is 0.455 e. The number of fused-ring (bicyclic) bond motifs is 1. The lowest BCUT2D eigenvalue weighted by Gasteiger charge is -2.05. The lowest BCUT2D eigenvalue weighted by atomic mass is 10.1. The minimum Gasteiger partial charge on any atom is -0.455 e. The second kappa shape index (κ2) is 5.35. The van der Waals surface area contributed by atoms with Gasteiger partial charge >= 0.3 is 0 Å². The lowest BCUT2D eigenvalue weighted by molar-refractivity contribution is 0.108. The number of carbonyl (C=O) groups excluding carboxylic acids is 1. The molecule has 0 N–H and O–H groups in total. The molecule has 3 rings (SSSR count). The molecule has 3 nitrogen and oxygen atoms in total. The van der Waals surface area contributed by atoms with Crippen LogP contribution in [0.3, 0.4) is 0 Å². The standard InChI is InChI=1S/C16H8Cl2O3/c17-10-4-1-3-9(7-10)14-8-13(19)11-5-2-6-12(16(18)20)15(11)21-14/h1-8H. The van der Waals surface area contributed by atoms with E-state index in [0.717, 1.165) is 0 Å². The van der Waals surface area contributed by atoms with Crippen molar-refractivity contribution in [3.05, 3.63) is 69.3 Å². The molecule has 0 aliphatic rings. The fraction of sp³-hybridized carbons (Fsp3) is 0. The molecule has 0 saturated carbocycles. The third-order valence-corrected chi connectivity index (χ3v) is 3.51. The first-order valence-corrected chi connectivity index (χ1v) is 6.84. The summed E-state index contributed by atoms with van der Waals surface area (Å²) < 4.78 is 5.71. The highest BCUT2D eigenvalue weighted by Crippen LogP contribution is 2.26. The maximum Gasteiger partial charge on any atom is 0.256 e. The van der Waals surface area contributed by atoms with E-state index in [1.165, 1.54) is 12.1 Å². The molecule has 104 valence electrons. The Morgan fingerprint density at radius 1 is 1.05 bits per heavy atom. The molecule has 21 heavy (non-hydrogen) atoms. The normalized spacial score (nSPS) is 10.8. The molecule has 5 heteroatoms. The zero-order chi connectivity index (χ0) is 15.0. The molecule has 0 radical (unpaired) electrons. The van der Waals surface area contributed by atoms with Crippen LogP contribution in [0.15, 0.2) is 57.7 Å². The van der Waals surface area contributed by atoms with Gasteiger partial charge < -0.3 is 4.42 Å². The van der Waals surface area contributed by atoms with Crippen LogP contribution in [0.5, 0.6) is 0 Å². The third kappa shape index (κ3) is 2.58. The second-order valence-corrected chi connectivity index (χ2v) is 5.22. The summed E-state index contributed by atoms with van der Waals surface area (Å²) in [5, 5.41) is 0.163. The smallest absolute Gasteiger partial charge is 0.256 e. The summed E-state index contributed by atoms with van der Waals surface area (Å²) in [4.78, 5) is 23.6. The molecule has 1 aromatic heterocycles. The minimum absolute atomic E-state index is 0.162. The molecule has 0 aliphatic heterocycles. The third-order valence-electron chi connectivity index (χ3n) is 3.08. The summed E-state index contributed by atoms with van der Waals surface area (Å²) in [6.45, 7) is 0. The molecule has 0 fully saturated rings.